The fourth-order valence-corrected chi connectivity index (χ4v) is 4.37. The van der Waals surface area contributed by atoms with Gasteiger partial charge < -0.3 is 9.64 Å². The first-order valence-electron chi connectivity index (χ1n) is 10.9. The summed E-state index contributed by atoms with van der Waals surface area (Å²) >= 11 is 0. The van der Waals surface area contributed by atoms with Crippen LogP contribution in [0.5, 0.6) is 5.75 Å². The molecule has 8 heteroatoms. The Kier molecular flexibility index (Phi) is 5.50. The molecule has 0 unspecified atom stereocenters. The number of ether oxygens (including phenoxy) is 1. The Balaban J connectivity index is 1.41. The Morgan fingerprint density at radius 3 is 2.88 bits per heavy atom. The van der Waals surface area contributed by atoms with Gasteiger partial charge in [-0.05, 0) is 61.7 Å². The number of likely N-dealkylation sites (tertiary alicyclic amines) is 1. The zero-order chi connectivity index (χ0) is 22.9. The topological polar surface area (TPSA) is 72.6 Å². The lowest BCUT2D eigenvalue weighted by Crippen LogP contribution is -2.39. The largest absolute Gasteiger partial charge is 0.496 e. The monoisotopic (exact) mass is 445 g/mol. The number of aromatic nitrogens is 4. The van der Waals surface area contributed by atoms with E-state index in [0.29, 0.717) is 41.4 Å². The van der Waals surface area contributed by atoms with Crippen molar-refractivity contribution >= 4 is 11.6 Å². The minimum absolute atomic E-state index is 0.0138. The smallest absolute Gasteiger partial charge is 0.255 e. The second-order valence-corrected chi connectivity index (χ2v) is 8.38. The molecule has 5 rings (SSSR count). The van der Waals surface area contributed by atoms with E-state index in [2.05, 4.69) is 4.98 Å². The fourth-order valence-electron chi connectivity index (χ4n) is 4.37. The van der Waals surface area contributed by atoms with Gasteiger partial charge in [-0.15, -0.1) is 0 Å². The van der Waals surface area contributed by atoms with E-state index in [4.69, 9.17) is 14.8 Å². The van der Waals surface area contributed by atoms with Crippen molar-refractivity contribution in [1.82, 2.24) is 24.5 Å². The lowest BCUT2D eigenvalue weighted by molar-refractivity contribution is 0.0704. The lowest BCUT2D eigenvalue weighted by Gasteiger charge is -2.31. The summed E-state index contributed by atoms with van der Waals surface area (Å²) in [6.45, 7) is 3.20. The molecule has 4 aromatic rings. The summed E-state index contributed by atoms with van der Waals surface area (Å²) in [7, 11) is 1.56. The number of carbonyl (C=O) groups is 1. The summed E-state index contributed by atoms with van der Waals surface area (Å²) in [5.41, 5.74) is 3.70. The van der Waals surface area contributed by atoms with Gasteiger partial charge in [0.1, 0.15) is 11.6 Å². The zero-order valence-corrected chi connectivity index (χ0v) is 18.5. The number of hydrogen-bond acceptors (Lipinski definition) is 5. The molecule has 168 valence electrons. The highest BCUT2D eigenvalue weighted by molar-refractivity contribution is 5.94. The van der Waals surface area contributed by atoms with Crippen molar-refractivity contribution in [3.63, 3.8) is 0 Å². The predicted octanol–water partition coefficient (Wildman–Crippen LogP) is 4.27. The van der Waals surface area contributed by atoms with Crippen LogP contribution in [0.25, 0.3) is 16.8 Å². The Morgan fingerprint density at radius 1 is 1.18 bits per heavy atom. The van der Waals surface area contributed by atoms with Crippen molar-refractivity contribution in [2.45, 2.75) is 25.7 Å². The molecule has 3 aromatic heterocycles. The van der Waals surface area contributed by atoms with Crippen molar-refractivity contribution in [2.75, 3.05) is 20.2 Å². The molecule has 1 atom stereocenters. The highest BCUT2D eigenvalue weighted by Gasteiger charge is 2.28. The first kappa shape index (κ1) is 21.1. The molecular formula is C25H24FN5O2. The maximum atomic E-state index is 13.9. The molecule has 33 heavy (non-hydrogen) atoms. The molecule has 0 aliphatic carbocycles. The van der Waals surface area contributed by atoms with E-state index in [9.17, 15) is 9.18 Å². The quantitative estimate of drug-likeness (QED) is 0.469. The van der Waals surface area contributed by atoms with Crippen molar-refractivity contribution in [3.8, 4) is 16.9 Å². The molecule has 1 aromatic carbocycles. The third-order valence-corrected chi connectivity index (χ3v) is 6.02. The molecule has 1 amide bonds. The number of fused-ring (bicyclic) bond motifs is 1. The number of piperidine rings is 1. The summed E-state index contributed by atoms with van der Waals surface area (Å²) in [5, 5.41) is 4.70. The van der Waals surface area contributed by atoms with E-state index >= 15 is 0 Å². The maximum absolute atomic E-state index is 13.9. The molecule has 0 bridgehead atoms. The van der Waals surface area contributed by atoms with Crippen LogP contribution in [0.15, 0.2) is 55.0 Å². The minimum atomic E-state index is -0.332. The summed E-state index contributed by atoms with van der Waals surface area (Å²) in [5.74, 6) is 0.995. The fraction of sp³-hybridized carbons (Fsp3) is 0.280. The average Bonchev–Trinajstić information content (AvgIpc) is 3.27. The van der Waals surface area contributed by atoms with Gasteiger partial charge in [0.2, 0.25) is 0 Å². The molecular weight excluding hydrogens is 421 g/mol. The number of nitrogens with zero attached hydrogens (tertiary/aromatic N) is 5. The van der Waals surface area contributed by atoms with Gasteiger partial charge in [-0.3, -0.25) is 9.78 Å². The van der Waals surface area contributed by atoms with Crippen LogP contribution in [0, 0.1) is 12.7 Å². The first-order valence-corrected chi connectivity index (χ1v) is 10.9. The van der Waals surface area contributed by atoms with Crippen LogP contribution in [0.3, 0.4) is 0 Å². The first-order chi connectivity index (χ1) is 16.0. The van der Waals surface area contributed by atoms with Crippen LogP contribution < -0.4 is 4.74 Å². The van der Waals surface area contributed by atoms with E-state index in [1.54, 1.807) is 30.1 Å². The van der Waals surface area contributed by atoms with Crippen LogP contribution in [0.2, 0.25) is 0 Å². The van der Waals surface area contributed by atoms with Crippen molar-refractivity contribution in [2.24, 2.45) is 0 Å². The number of halogens is 1. The van der Waals surface area contributed by atoms with Gasteiger partial charge in [-0.25, -0.2) is 13.9 Å². The summed E-state index contributed by atoms with van der Waals surface area (Å²) in [4.78, 5) is 23.7. The SMILES string of the molecule is COc1ccc(F)cc1-c1ccc2nc([C@H]3CCCN(C(=O)c4cncc(C)c4)C3)nn2c1. The molecule has 1 aliphatic rings. The van der Waals surface area contributed by atoms with Gasteiger partial charge in [-0.1, -0.05) is 0 Å². The van der Waals surface area contributed by atoms with Gasteiger partial charge in [-0.2, -0.15) is 5.10 Å². The molecule has 7 nitrogen and oxygen atoms in total. The maximum Gasteiger partial charge on any atom is 0.255 e. The van der Waals surface area contributed by atoms with Crippen LogP contribution in [0.1, 0.15) is 40.5 Å². The third-order valence-electron chi connectivity index (χ3n) is 6.02. The number of methoxy groups -OCH3 is 1. The Bertz CT molecular complexity index is 1340. The van der Waals surface area contributed by atoms with Gasteiger partial charge >= 0.3 is 0 Å². The van der Waals surface area contributed by atoms with Crippen LogP contribution in [-0.2, 0) is 0 Å². The molecule has 0 N–H and O–H groups in total. The summed E-state index contributed by atoms with van der Waals surface area (Å²) in [6, 6.07) is 10.0. The second-order valence-electron chi connectivity index (χ2n) is 8.38. The number of benzene rings is 1. The molecule has 4 heterocycles. The van der Waals surface area contributed by atoms with Crippen molar-refractivity contribution in [3.05, 3.63) is 77.8 Å². The van der Waals surface area contributed by atoms with E-state index in [-0.39, 0.29) is 17.6 Å². The van der Waals surface area contributed by atoms with Gasteiger partial charge in [0.05, 0.1) is 12.7 Å². The zero-order valence-electron chi connectivity index (χ0n) is 18.5. The Labute approximate surface area is 190 Å². The molecule has 1 fully saturated rings. The predicted molar refractivity (Wildman–Crippen MR) is 122 cm³/mol. The number of hydrogen-bond donors (Lipinski definition) is 0. The van der Waals surface area contributed by atoms with E-state index in [1.807, 2.05) is 36.2 Å². The number of pyridine rings is 2. The molecule has 0 saturated carbocycles. The van der Waals surface area contributed by atoms with Gasteiger partial charge in [0.15, 0.2) is 11.5 Å². The van der Waals surface area contributed by atoms with E-state index in [0.717, 1.165) is 24.0 Å². The standard InChI is InChI=1S/C25H24FN5O2/c1-16-10-19(13-27-12-16)25(32)30-9-3-4-18(14-30)24-28-23-8-5-17(15-31(23)29-24)21-11-20(26)6-7-22(21)33-2/h5-8,10-13,15,18H,3-4,9,14H2,1-2H3/t18-/m0/s1. The van der Waals surface area contributed by atoms with Gasteiger partial charge in [0, 0.05) is 48.7 Å². The van der Waals surface area contributed by atoms with Gasteiger partial charge in [0.25, 0.3) is 5.91 Å². The normalized spacial score (nSPS) is 16.2. The van der Waals surface area contributed by atoms with E-state index < -0.39 is 0 Å². The highest BCUT2D eigenvalue weighted by atomic mass is 19.1. The van der Waals surface area contributed by atoms with E-state index in [1.165, 1.54) is 12.1 Å². The average molecular weight is 445 g/mol. The summed E-state index contributed by atoms with van der Waals surface area (Å²) < 4.78 is 21.0. The Hall–Kier alpha value is -3.81. The molecule has 0 spiro atoms. The molecule has 1 aliphatic heterocycles. The number of carbonyl (C=O) groups excluding carboxylic acids is 1. The molecule has 1 saturated heterocycles. The third kappa shape index (κ3) is 4.16. The summed E-state index contributed by atoms with van der Waals surface area (Å²) in [6.07, 6.45) is 6.98. The van der Waals surface area contributed by atoms with Crippen LogP contribution in [0.4, 0.5) is 4.39 Å². The highest BCUT2D eigenvalue weighted by Crippen LogP contribution is 2.31. The minimum Gasteiger partial charge on any atom is -0.496 e. The number of amides is 1. The van der Waals surface area contributed by atoms with Crippen molar-refractivity contribution in [1.29, 1.82) is 0 Å². The van der Waals surface area contributed by atoms with Crippen molar-refractivity contribution < 1.29 is 13.9 Å². The second kappa shape index (κ2) is 8.61. The number of rotatable bonds is 4. The van der Waals surface area contributed by atoms with Crippen LogP contribution >= 0.6 is 0 Å². The Morgan fingerprint density at radius 2 is 2.06 bits per heavy atom. The lowest BCUT2D eigenvalue weighted by atomic mass is 9.97. The van der Waals surface area contributed by atoms with Crippen LogP contribution in [-0.4, -0.2) is 50.6 Å². The number of aryl methyl sites for hydroxylation is 1. The molecule has 0 radical (unpaired) electrons.